The summed E-state index contributed by atoms with van der Waals surface area (Å²) in [6, 6.07) is 0. The van der Waals surface area contributed by atoms with Crippen LogP contribution in [0.5, 0.6) is 0 Å². The van der Waals surface area contributed by atoms with Crippen molar-refractivity contribution in [3.63, 3.8) is 0 Å². The molecule has 1 N–H and O–H groups in total. The quantitative estimate of drug-likeness (QED) is 0.422. The molecule has 6 heteroatoms. The van der Waals surface area contributed by atoms with E-state index in [0.717, 1.165) is 0 Å². The van der Waals surface area contributed by atoms with Crippen LogP contribution < -0.4 is 0 Å². The Hall–Kier alpha value is -1.74. The number of carbonyl (C=O) groups is 4. The Balaban J connectivity index is 3.69. The summed E-state index contributed by atoms with van der Waals surface area (Å²) >= 11 is 0. The summed E-state index contributed by atoms with van der Waals surface area (Å²) in [6.45, 7) is 15.6. The van der Waals surface area contributed by atoms with E-state index in [1.165, 1.54) is 13.8 Å². The van der Waals surface area contributed by atoms with E-state index in [1.54, 1.807) is 0 Å². The fourth-order valence-electron chi connectivity index (χ4n) is 4.53. The molecule has 0 amide bonds. The molecule has 0 heterocycles. The second-order valence-electron chi connectivity index (χ2n) is 9.10. The van der Waals surface area contributed by atoms with Crippen LogP contribution in [0.15, 0.2) is 0 Å². The normalized spacial score (nSPS) is 22.3. The van der Waals surface area contributed by atoms with Gasteiger partial charge in [-0.15, -0.1) is 5.54 Å². The lowest BCUT2D eigenvalue weighted by atomic mass is 9.76. The first-order valence-corrected chi connectivity index (χ1v) is 11.8. The summed E-state index contributed by atoms with van der Waals surface area (Å²) in [5.41, 5.74) is 1.08. The summed E-state index contributed by atoms with van der Waals surface area (Å²) in [4.78, 5) is 49.5. The van der Waals surface area contributed by atoms with Crippen molar-refractivity contribution in [2.45, 2.75) is 84.9 Å². The number of carboxylic acids is 1. The first-order valence-electron chi connectivity index (χ1n) is 9.53. The molecule has 0 bridgehead atoms. The van der Waals surface area contributed by atoms with E-state index >= 15 is 0 Å². The minimum atomic E-state index is -2.25. The maximum atomic E-state index is 13.1. The van der Waals surface area contributed by atoms with Gasteiger partial charge in [-0.05, 0) is 30.5 Å². The fourth-order valence-corrected chi connectivity index (χ4v) is 9.83. The molecule has 5 nitrogen and oxygen atoms in total. The van der Waals surface area contributed by atoms with Crippen molar-refractivity contribution in [3.8, 4) is 11.5 Å². The van der Waals surface area contributed by atoms with Crippen LogP contribution in [-0.2, 0) is 19.2 Å². The number of carboxylic acid groups (broad SMARTS) is 1. The van der Waals surface area contributed by atoms with E-state index in [2.05, 4.69) is 53.0 Å². The molecule has 0 spiro atoms. The van der Waals surface area contributed by atoms with Crippen molar-refractivity contribution in [2.75, 3.05) is 0 Å². The van der Waals surface area contributed by atoms with Crippen LogP contribution in [-0.4, -0.2) is 36.5 Å². The number of hydrogen-bond donors (Lipinski definition) is 1. The van der Waals surface area contributed by atoms with E-state index in [-0.39, 0.29) is 28.8 Å². The zero-order chi connectivity index (χ0) is 21.4. The monoisotopic (exact) mass is 392 g/mol. The summed E-state index contributed by atoms with van der Waals surface area (Å²) in [5.74, 6) is -0.0494. The van der Waals surface area contributed by atoms with Crippen LogP contribution in [0.1, 0.15) is 68.2 Å². The highest BCUT2D eigenvalue weighted by molar-refractivity contribution is 6.90. The lowest BCUT2D eigenvalue weighted by Gasteiger charge is -2.38. The van der Waals surface area contributed by atoms with Gasteiger partial charge in [0.2, 0.25) is 0 Å². The molecule has 1 unspecified atom stereocenters. The molecule has 27 heavy (non-hydrogen) atoms. The van der Waals surface area contributed by atoms with Crippen LogP contribution in [0.25, 0.3) is 0 Å². The summed E-state index contributed by atoms with van der Waals surface area (Å²) < 4.78 is 0. The van der Waals surface area contributed by atoms with E-state index < -0.39 is 42.9 Å². The minimum absolute atomic E-state index is 0.289. The van der Waals surface area contributed by atoms with Gasteiger partial charge in [0.15, 0.2) is 17.0 Å². The minimum Gasteiger partial charge on any atom is -0.481 e. The zero-order valence-electron chi connectivity index (χ0n) is 17.7. The summed E-state index contributed by atoms with van der Waals surface area (Å²) in [5, 5.41) is 9.08. The van der Waals surface area contributed by atoms with Gasteiger partial charge in [-0.3, -0.25) is 19.2 Å². The highest BCUT2D eigenvalue weighted by Gasteiger charge is 2.61. The molecule has 0 radical (unpaired) electrons. The molecular formula is C21H32O5Si. The van der Waals surface area contributed by atoms with Gasteiger partial charge in [0.1, 0.15) is 20.3 Å². The number of carbonyl (C=O) groups excluding carboxylic acids is 3. The number of hydrogen-bond acceptors (Lipinski definition) is 4. The Labute approximate surface area is 163 Å². The Morgan fingerprint density at radius 2 is 1.48 bits per heavy atom. The second-order valence-corrected chi connectivity index (χ2v) is 14.7. The number of rotatable bonds is 6. The lowest BCUT2D eigenvalue weighted by molar-refractivity contribution is -0.144. The average molecular weight is 393 g/mol. The number of ketones is 3. The van der Waals surface area contributed by atoms with Crippen LogP contribution in [0.3, 0.4) is 0 Å². The van der Waals surface area contributed by atoms with E-state index in [9.17, 15) is 19.2 Å². The SMILES string of the molecule is CC(C)[Si](C#CC1(C(=O)CC(=O)O)CC(=O)C(C)(C)C1=O)(C(C)C)C(C)C. The number of Topliss-reactive ketones (excluding diaryl/α,β-unsaturated/α-hetero) is 3. The predicted octanol–water partition coefficient (Wildman–Crippen LogP) is 3.81. The van der Waals surface area contributed by atoms with Crippen molar-refractivity contribution in [2.24, 2.45) is 10.8 Å². The van der Waals surface area contributed by atoms with E-state index in [4.69, 9.17) is 5.11 Å². The van der Waals surface area contributed by atoms with Gasteiger partial charge in [0, 0.05) is 6.42 Å². The van der Waals surface area contributed by atoms with Gasteiger partial charge in [-0.1, -0.05) is 47.5 Å². The molecule has 0 aliphatic heterocycles. The van der Waals surface area contributed by atoms with Crippen molar-refractivity contribution in [1.82, 2.24) is 0 Å². The van der Waals surface area contributed by atoms with Gasteiger partial charge < -0.3 is 5.11 Å². The van der Waals surface area contributed by atoms with Gasteiger partial charge in [-0.25, -0.2) is 0 Å². The molecule has 1 rings (SSSR count). The maximum Gasteiger partial charge on any atom is 0.310 e. The van der Waals surface area contributed by atoms with Gasteiger partial charge in [0.05, 0.1) is 5.41 Å². The van der Waals surface area contributed by atoms with Gasteiger partial charge >= 0.3 is 5.97 Å². The first-order chi connectivity index (χ1) is 12.2. The molecule has 0 aromatic heterocycles. The van der Waals surface area contributed by atoms with Crippen molar-refractivity contribution < 1.29 is 24.3 Å². The van der Waals surface area contributed by atoms with Gasteiger partial charge in [-0.2, -0.15) is 0 Å². The smallest absolute Gasteiger partial charge is 0.310 e. The van der Waals surface area contributed by atoms with Crippen molar-refractivity contribution >= 4 is 31.4 Å². The molecule has 0 aromatic rings. The topological polar surface area (TPSA) is 88.5 Å². The molecule has 0 saturated heterocycles. The Morgan fingerprint density at radius 1 is 1.04 bits per heavy atom. The lowest BCUT2D eigenvalue weighted by Crippen LogP contribution is -2.45. The maximum absolute atomic E-state index is 13.1. The first kappa shape index (κ1) is 23.3. The molecule has 1 aliphatic carbocycles. The second kappa shape index (κ2) is 7.71. The van der Waals surface area contributed by atoms with Crippen molar-refractivity contribution in [1.29, 1.82) is 0 Å². The van der Waals surface area contributed by atoms with E-state index in [0.29, 0.717) is 0 Å². The molecule has 0 aromatic carbocycles. The molecule has 1 atom stereocenters. The third kappa shape index (κ3) is 3.80. The molecule has 1 aliphatic rings. The van der Waals surface area contributed by atoms with Crippen molar-refractivity contribution in [3.05, 3.63) is 0 Å². The summed E-state index contributed by atoms with van der Waals surface area (Å²) in [6.07, 6.45) is -1.12. The zero-order valence-corrected chi connectivity index (χ0v) is 18.7. The number of aliphatic carboxylic acids is 1. The van der Waals surface area contributed by atoms with Crippen LogP contribution in [0.2, 0.25) is 16.6 Å². The largest absolute Gasteiger partial charge is 0.481 e. The average Bonchev–Trinajstić information content (AvgIpc) is 2.67. The Morgan fingerprint density at radius 3 is 1.78 bits per heavy atom. The van der Waals surface area contributed by atoms with E-state index in [1.807, 2.05) is 0 Å². The molecule has 1 fully saturated rings. The molecule has 1 saturated carbocycles. The van der Waals surface area contributed by atoms with Gasteiger partial charge in [0.25, 0.3) is 0 Å². The summed E-state index contributed by atoms with van der Waals surface area (Å²) in [7, 11) is -2.25. The highest BCUT2D eigenvalue weighted by Crippen LogP contribution is 2.46. The highest BCUT2D eigenvalue weighted by atomic mass is 28.3. The third-order valence-electron chi connectivity index (χ3n) is 6.22. The standard InChI is InChI=1S/C21H32O5Si/c1-13(2)27(14(3)4,15(5)6)10-9-21(16(22)11-18(24)25)12-17(23)20(7,8)19(21)26/h13-15H,11-12H2,1-8H3,(H,24,25). The third-order valence-corrected chi connectivity index (χ3v) is 12.5. The molecular weight excluding hydrogens is 360 g/mol. The van der Waals surface area contributed by atoms with Crippen LogP contribution in [0, 0.1) is 22.3 Å². The predicted molar refractivity (Wildman–Crippen MR) is 107 cm³/mol. The molecule has 150 valence electrons. The fraction of sp³-hybridized carbons (Fsp3) is 0.714. The van der Waals surface area contributed by atoms with Crippen LogP contribution >= 0.6 is 0 Å². The Bertz CT molecular complexity index is 699. The Kier molecular flexibility index (Phi) is 6.65. The van der Waals surface area contributed by atoms with Crippen LogP contribution in [0.4, 0.5) is 0 Å².